The number of rotatable bonds is 4. The summed E-state index contributed by atoms with van der Waals surface area (Å²) in [7, 11) is 0. The lowest BCUT2D eigenvalue weighted by Gasteiger charge is -2.13. The molecule has 0 fully saturated rings. The van der Waals surface area contributed by atoms with Crippen LogP contribution in [0.2, 0.25) is 0 Å². The summed E-state index contributed by atoms with van der Waals surface area (Å²) in [5.41, 5.74) is 3.58. The van der Waals surface area contributed by atoms with Crippen LogP contribution >= 0.6 is 15.9 Å². The maximum Gasteiger partial charge on any atom is 0.191 e. The Hall–Kier alpha value is -1.42. The average molecular weight is 341 g/mol. The first-order valence-corrected chi connectivity index (χ1v) is 7.37. The molecule has 0 spiro atoms. The minimum atomic E-state index is -0.675. The molecule has 0 unspecified atom stereocenters. The molecule has 0 amide bonds. The molecule has 0 heterocycles. The lowest BCUT2D eigenvalue weighted by Crippen LogP contribution is -2.04. The standard InChI is InChI=1S/C16H15BrF2O/c1-10-4-3-5-11(2)13(10)9-20-16-14(18)6-12(8-17)7-15(16)19/h3-7H,8-9H2,1-2H3. The van der Waals surface area contributed by atoms with Gasteiger partial charge in [-0.15, -0.1) is 0 Å². The van der Waals surface area contributed by atoms with E-state index in [0.29, 0.717) is 10.9 Å². The van der Waals surface area contributed by atoms with Gasteiger partial charge in [0, 0.05) is 5.33 Å². The van der Waals surface area contributed by atoms with Gasteiger partial charge in [0.1, 0.15) is 6.61 Å². The van der Waals surface area contributed by atoms with Gasteiger partial charge in [-0.1, -0.05) is 34.1 Å². The summed E-state index contributed by atoms with van der Waals surface area (Å²) in [6.07, 6.45) is 0. The first kappa shape index (κ1) is 15.0. The van der Waals surface area contributed by atoms with E-state index in [1.54, 1.807) is 0 Å². The van der Waals surface area contributed by atoms with Gasteiger partial charge in [-0.05, 0) is 48.2 Å². The molecule has 106 valence electrons. The lowest BCUT2D eigenvalue weighted by molar-refractivity contribution is 0.272. The molecular weight excluding hydrogens is 326 g/mol. The van der Waals surface area contributed by atoms with Gasteiger partial charge >= 0.3 is 0 Å². The number of halogens is 3. The fourth-order valence-corrected chi connectivity index (χ4v) is 2.37. The van der Waals surface area contributed by atoms with Crippen molar-refractivity contribution in [3.63, 3.8) is 0 Å². The van der Waals surface area contributed by atoms with Crippen molar-refractivity contribution in [1.29, 1.82) is 0 Å². The second-order valence-corrected chi connectivity index (χ2v) is 5.24. The van der Waals surface area contributed by atoms with E-state index in [-0.39, 0.29) is 12.4 Å². The number of alkyl halides is 1. The third kappa shape index (κ3) is 3.18. The highest BCUT2D eigenvalue weighted by atomic mass is 79.9. The highest BCUT2D eigenvalue weighted by molar-refractivity contribution is 9.08. The van der Waals surface area contributed by atoms with Crippen molar-refractivity contribution in [2.45, 2.75) is 25.8 Å². The first-order chi connectivity index (χ1) is 9.52. The zero-order valence-corrected chi connectivity index (χ0v) is 12.9. The minimum Gasteiger partial charge on any atom is -0.483 e. The van der Waals surface area contributed by atoms with Crippen LogP contribution in [0.3, 0.4) is 0 Å². The Morgan fingerprint density at radius 1 is 1.05 bits per heavy atom. The molecule has 0 aliphatic heterocycles. The lowest BCUT2D eigenvalue weighted by atomic mass is 10.0. The summed E-state index contributed by atoms with van der Waals surface area (Å²) < 4.78 is 33.0. The van der Waals surface area contributed by atoms with E-state index in [1.165, 1.54) is 12.1 Å². The molecule has 20 heavy (non-hydrogen) atoms. The van der Waals surface area contributed by atoms with Crippen molar-refractivity contribution in [3.05, 3.63) is 64.2 Å². The Labute approximate surface area is 125 Å². The number of hydrogen-bond donors (Lipinski definition) is 0. The molecule has 2 rings (SSSR count). The van der Waals surface area contributed by atoms with Crippen molar-refractivity contribution >= 4 is 15.9 Å². The second-order valence-electron chi connectivity index (χ2n) is 4.68. The van der Waals surface area contributed by atoms with Gasteiger partial charge in [-0.2, -0.15) is 0 Å². The average Bonchev–Trinajstić information content (AvgIpc) is 2.40. The Kier molecular flexibility index (Phi) is 4.76. The molecule has 0 aromatic heterocycles. The van der Waals surface area contributed by atoms with Crippen LogP contribution in [0.25, 0.3) is 0 Å². The molecule has 2 aromatic rings. The molecule has 0 atom stereocenters. The van der Waals surface area contributed by atoms with Crippen molar-refractivity contribution in [1.82, 2.24) is 0 Å². The molecule has 4 heteroatoms. The van der Waals surface area contributed by atoms with E-state index >= 15 is 0 Å². The predicted octanol–water partition coefficient (Wildman–Crippen LogP) is 5.06. The summed E-state index contributed by atoms with van der Waals surface area (Å²) in [4.78, 5) is 0. The van der Waals surface area contributed by atoms with E-state index < -0.39 is 11.6 Å². The van der Waals surface area contributed by atoms with Gasteiger partial charge in [0.05, 0.1) is 0 Å². The summed E-state index contributed by atoms with van der Waals surface area (Å²) in [5.74, 6) is -1.67. The Morgan fingerprint density at radius 3 is 2.10 bits per heavy atom. The molecule has 0 N–H and O–H groups in total. The van der Waals surface area contributed by atoms with Crippen LogP contribution in [0, 0.1) is 25.5 Å². The molecule has 0 aliphatic carbocycles. The zero-order valence-electron chi connectivity index (χ0n) is 11.3. The molecule has 1 nitrogen and oxygen atoms in total. The smallest absolute Gasteiger partial charge is 0.191 e. The fourth-order valence-electron chi connectivity index (χ4n) is 2.05. The number of hydrogen-bond acceptors (Lipinski definition) is 1. The van der Waals surface area contributed by atoms with Crippen LogP contribution in [0.4, 0.5) is 8.78 Å². The summed E-state index contributed by atoms with van der Waals surface area (Å²) in [6.45, 7) is 4.05. The summed E-state index contributed by atoms with van der Waals surface area (Å²) >= 11 is 3.17. The van der Waals surface area contributed by atoms with E-state index in [9.17, 15) is 8.78 Å². The number of benzene rings is 2. The van der Waals surface area contributed by atoms with Crippen LogP contribution in [0.5, 0.6) is 5.75 Å². The van der Waals surface area contributed by atoms with Gasteiger partial charge in [0.15, 0.2) is 17.4 Å². The van der Waals surface area contributed by atoms with Gasteiger partial charge in [-0.25, -0.2) is 8.78 Å². The van der Waals surface area contributed by atoms with Crippen LogP contribution in [-0.2, 0) is 11.9 Å². The van der Waals surface area contributed by atoms with Crippen LogP contribution in [0.1, 0.15) is 22.3 Å². The Morgan fingerprint density at radius 2 is 1.60 bits per heavy atom. The van der Waals surface area contributed by atoms with Crippen molar-refractivity contribution < 1.29 is 13.5 Å². The molecule has 0 radical (unpaired) electrons. The molecular formula is C16H15BrF2O. The first-order valence-electron chi connectivity index (χ1n) is 6.24. The second kappa shape index (κ2) is 6.35. The monoisotopic (exact) mass is 340 g/mol. The van der Waals surface area contributed by atoms with E-state index in [2.05, 4.69) is 15.9 Å². The molecule has 0 aliphatic rings. The highest BCUT2D eigenvalue weighted by Crippen LogP contribution is 2.26. The molecule has 0 saturated heterocycles. The number of aryl methyl sites for hydroxylation is 2. The molecule has 0 saturated carbocycles. The van der Waals surface area contributed by atoms with Crippen LogP contribution in [0.15, 0.2) is 30.3 Å². The van der Waals surface area contributed by atoms with Gasteiger partial charge in [0.2, 0.25) is 0 Å². The maximum atomic E-state index is 13.8. The van der Waals surface area contributed by atoms with Crippen LogP contribution in [-0.4, -0.2) is 0 Å². The van der Waals surface area contributed by atoms with Gasteiger partial charge in [-0.3, -0.25) is 0 Å². The Balaban J connectivity index is 2.23. The third-order valence-electron chi connectivity index (χ3n) is 3.22. The minimum absolute atomic E-state index is 0.153. The Bertz CT molecular complexity index is 583. The van der Waals surface area contributed by atoms with E-state index in [0.717, 1.165) is 16.7 Å². The van der Waals surface area contributed by atoms with E-state index in [4.69, 9.17) is 4.74 Å². The van der Waals surface area contributed by atoms with Crippen molar-refractivity contribution in [2.75, 3.05) is 0 Å². The van der Waals surface area contributed by atoms with Gasteiger partial charge < -0.3 is 4.74 Å². The molecule has 2 aromatic carbocycles. The highest BCUT2D eigenvalue weighted by Gasteiger charge is 2.13. The third-order valence-corrected chi connectivity index (χ3v) is 3.87. The SMILES string of the molecule is Cc1cccc(C)c1COc1c(F)cc(CBr)cc1F. The van der Waals surface area contributed by atoms with E-state index in [1.807, 2.05) is 32.0 Å². The maximum absolute atomic E-state index is 13.8. The van der Waals surface area contributed by atoms with Crippen molar-refractivity contribution in [2.24, 2.45) is 0 Å². The normalized spacial score (nSPS) is 10.7. The molecule has 0 bridgehead atoms. The van der Waals surface area contributed by atoms with Crippen molar-refractivity contribution in [3.8, 4) is 5.75 Å². The quantitative estimate of drug-likeness (QED) is 0.707. The number of ether oxygens (including phenoxy) is 1. The zero-order chi connectivity index (χ0) is 14.7. The summed E-state index contributed by atoms with van der Waals surface area (Å²) in [5, 5.41) is 0.401. The fraction of sp³-hybridized carbons (Fsp3) is 0.250. The summed E-state index contributed by atoms with van der Waals surface area (Å²) in [6, 6.07) is 8.40. The predicted molar refractivity (Wildman–Crippen MR) is 79.2 cm³/mol. The van der Waals surface area contributed by atoms with Gasteiger partial charge in [0.25, 0.3) is 0 Å². The topological polar surface area (TPSA) is 9.23 Å². The largest absolute Gasteiger partial charge is 0.483 e. The van der Waals surface area contributed by atoms with Crippen LogP contribution < -0.4 is 4.74 Å².